The molecule has 0 bridgehead atoms. The molecule has 0 aliphatic heterocycles. The monoisotopic (exact) mass is 315 g/mol. The summed E-state index contributed by atoms with van der Waals surface area (Å²) < 4.78 is 0. The second-order valence-corrected chi connectivity index (χ2v) is 5.92. The number of carbonyl (C=O) groups excluding carboxylic acids is 1. The summed E-state index contributed by atoms with van der Waals surface area (Å²) in [6.07, 6.45) is 0.691. The lowest BCUT2D eigenvalue weighted by Gasteiger charge is -2.21. The van der Waals surface area contributed by atoms with E-state index in [0.717, 1.165) is 5.56 Å². The van der Waals surface area contributed by atoms with Crippen molar-refractivity contribution in [1.82, 2.24) is 4.90 Å². The molecule has 0 aromatic heterocycles. The summed E-state index contributed by atoms with van der Waals surface area (Å²) in [5, 5.41) is 10.0. The molecule has 0 radical (unpaired) electrons. The zero-order valence-corrected chi connectivity index (χ0v) is 12.6. The van der Waals surface area contributed by atoms with Gasteiger partial charge in [-0.3, -0.25) is 4.79 Å². The van der Waals surface area contributed by atoms with Crippen LogP contribution in [0.4, 0.5) is 0 Å². The first-order chi connectivity index (χ1) is 9.32. The van der Waals surface area contributed by atoms with Crippen LogP contribution in [0, 0.1) is 5.92 Å². The Hall–Kier alpha value is -1.26. The van der Waals surface area contributed by atoms with Crippen molar-refractivity contribution in [2.24, 2.45) is 5.92 Å². The molecule has 3 unspecified atom stereocenters. The lowest BCUT2D eigenvalue weighted by atomic mass is 10.1. The first-order valence-corrected chi connectivity index (χ1v) is 7.03. The molecule has 3 atom stereocenters. The van der Waals surface area contributed by atoms with Gasteiger partial charge in [0.05, 0.1) is 0 Å². The van der Waals surface area contributed by atoms with Crippen molar-refractivity contribution in [1.29, 1.82) is 0 Å². The maximum atomic E-state index is 12.2. The van der Waals surface area contributed by atoms with E-state index in [9.17, 15) is 9.59 Å². The van der Waals surface area contributed by atoms with E-state index in [1.54, 1.807) is 12.1 Å². The van der Waals surface area contributed by atoms with E-state index in [-0.39, 0.29) is 17.7 Å². The van der Waals surface area contributed by atoms with Gasteiger partial charge >= 0.3 is 5.97 Å². The number of carbonyl (C=O) groups is 2. The second-order valence-electron chi connectivity index (χ2n) is 5.08. The second kappa shape index (κ2) is 5.62. The molecule has 1 amide bonds. The number of amides is 1. The summed E-state index contributed by atoms with van der Waals surface area (Å²) in [7, 11) is 1.51. The minimum atomic E-state index is -1.01. The average molecular weight is 316 g/mol. The summed E-state index contributed by atoms with van der Waals surface area (Å²) in [5.41, 5.74) is 0.894. The van der Waals surface area contributed by atoms with Crippen LogP contribution in [0.1, 0.15) is 24.8 Å². The number of carboxylic acids is 1. The number of halogens is 2. The fraction of sp³-hybridized carbons (Fsp3) is 0.429. The van der Waals surface area contributed by atoms with Crippen LogP contribution in [0.3, 0.4) is 0 Å². The fourth-order valence-corrected chi connectivity index (χ4v) is 2.78. The Morgan fingerprint density at radius 2 is 2.05 bits per heavy atom. The van der Waals surface area contributed by atoms with Crippen molar-refractivity contribution >= 4 is 35.1 Å². The number of benzene rings is 1. The molecule has 4 nitrogen and oxygen atoms in total. The summed E-state index contributed by atoms with van der Waals surface area (Å²) in [4.78, 5) is 24.4. The summed E-state index contributed by atoms with van der Waals surface area (Å²) in [5.74, 6) is -1.31. The molecule has 0 heterocycles. The van der Waals surface area contributed by atoms with Crippen molar-refractivity contribution in [3.63, 3.8) is 0 Å². The van der Waals surface area contributed by atoms with Gasteiger partial charge < -0.3 is 10.0 Å². The summed E-state index contributed by atoms with van der Waals surface area (Å²) >= 11 is 12.0. The average Bonchev–Trinajstić information content (AvgIpc) is 3.16. The van der Waals surface area contributed by atoms with Crippen LogP contribution in [0.5, 0.6) is 0 Å². The highest BCUT2D eigenvalue weighted by Crippen LogP contribution is 2.50. The number of aliphatic carboxylic acids is 1. The highest BCUT2D eigenvalue weighted by atomic mass is 35.5. The van der Waals surface area contributed by atoms with Gasteiger partial charge in [-0.25, -0.2) is 4.79 Å². The van der Waals surface area contributed by atoms with Gasteiger partial charge in [0, 0.05) is 23.0 Å². The van der Waals surface area contributed by atoms with Gasteiger partial charge in [-0.1, -0.05) is 29.3 Å². The van der Waals surface area contributed by atoms with E-state index in [1.807, 2.05) is 6.07 Å². The Kier molecular flexibility index (Phi) is 4.25. The Balaban J connectivity index is 2.08. The fourth-order valence-electron chi connectivity index (χ4n) is 2.23. The minimum Gasteiger partial charge on any atom is -0.480 e. The highest BCUT2D eigenvalue weighted by Gasteiger charge is 2.47. The third-order valence-corrected chi connectivity index (χ3v) is 4.32. The SMILES string of the molecule is CC(C(=O)O)N(C)C(=O)C1CC1c1ccc(Cl)cc1Cl. The molecule has 108 valence electrons. The normalized spacial score (nSPS) is 22.2. The highest BCUT2D eigenvalue weighted by molar-refractivity contribution is 6.35. The van der Waals surface area contributed by atoms with Crippen LogP contribution in [-0.4, -0.2) is 35.0 Å². The lowest BCUT2D eigenvalue weighted by Crippen LogP contribution is -2.41. The van der Waals surface area contributed by atoms with Gasteiger partial charge in [0.15, 0.2) is 0 Å². The van der Waals surface area contributed by atoms with Crippen molar-refractivity contribution in [2.75, 3.05) is 7.05 Å². The molecular weight excluding hydrogens is 301 g/mol. The molecule has 6 heteroatoms. The zero-order chi connectivity index (χ0) is 15.0. The van der Waals surface area contributed by atoms with E-state index < -0.39 is 12.0 Å². The van der Waals surface area contributed by atoms with Crippen molar-refractivity contribution in [2.45, 2.75) is 25.3 Å². The van der Waals surface area contributed by atoms with E-state index in [2.05, 4.69) is 0 Å². The standard InChI is InChI=1S/C14H15Cl2NO3/c1-7(14(19)20)17(2)13(18)11-6-10(11)9-4-3-8(15)5-12(9)16/h3-5,7,10-11H,6H2,1-2H3,(H,19,20). The van der Waals surface area contributed by atoms with E-state index in [0.29, 0.717) is 16.5 Å². The first-order valence-electron chi connectivity index (χ1n) is 6.27. The number of likely N-dealkylation sites (N-methyl/N-ethyl adjacent to an activating group) is 1. The van der Waals surface area contributed by atoms with Crippen LogP contribution in [0.2, 0.25) is 10.0 Å². The van der Waals surface area contributed by atoms with Crippen molar-refractivity contribution in [3.05, 3.63) is 33.8 Å². The Labute approximate surface area is 127 Å². The molecule has 1 aliphatic rings. The molecule has 1 saturated carbocycles. The summed E-state index contributed by atoms with van der Waals surface area (Å²) in [6.45, 7) is 1.49. The van der Waals surface area contributed by atoms with Gasteiger partial charge in [-0.05, 0) is 37.0 Å². The van der Waals surface area contributed by atoms with Crippen LogP contribution in [-0.2, 0) is 9.59 Å². The van der Waals surface area contributed by atoms with Crippen LogP contribution in [0.15, 0.2) is 18.2 Å². The molecule has 1 aliphatic carbocycles. The minimum absolute atomic E-state index is 0.0516. The molecular formula is C14H15Cl2NO3. The van der Waals surface area contributed by atoms with E-state index in [1.165, 1.54) is 18.9 Å². The third kappa shape index (κ3) is 2.91. The Morgan fingerprint density at radius 1 is 1.40 bits per heavy atom. The third-order valence-electron chi connectivity index (χ3n) is 3.76. The van der Waals surface area contributed by atoms with E-state index in [4.69, 9.17) is 28.3 Å². The van der Waals surface area contributed by atoms with Crippen molar-refractivity contribution < 1.29 is 14.7 Å². The largest absolute Gasteiger partial charge is 0.480 e. The van der Waals surface area contributed by atoms with Gasteiger partial charge in [0.2, 0.25) is 5.91 Å². The molecule has 1 aromatic carbocycles. The molecule has 0 spiro atoms. The van der Waals surface area contributed by atoms with Gasteiger partial charge in [-0.15, -0.1) is 0 Å². The predicted octanol–water partition coefficient (Wildman–Crippen LogP) is 3.03. The Morgan fingerprint density at radius 3 is 2.60 bits per heavy atom. The molecule has 0 saturated heterocycles. The van der Waals surface area contributed by atoms with Crippen LogP contribution in [0.25, 0.3) is 0 Å². The molecule has 2 rings (SSSR count). The van der Waals surface area contributed by atoms with Crippen molar-refractivity contribution in [3.8, 4) is 0 Å². The molecule has 1 N–H and O–H groups in total. The maximum absolute atomic E-state index is 12.2. The smallest absolute Gasteiger partial charge is 0.326 e. The van der Waals surface area contributed by atoms with Gasteiger partial charge in [0.25, 0.3) is 0 Å². The van der Waals surface area contributed by atoms with Crippen LogP contribution >= 0.6 is 23.2 Å². The lowest BCUT2D eigenvalue weighted by molar-refractivity contribution is -0.148. The first kappa shape index (κ1) is 15.1. The van der Waals surface area contributed by atoms with E-state index >= 15 is 0 Å². The Bertz CT molecular complexity index is 561. The van der Waals surface area contributed by atoms with Gasteiger partial charge in [-0.2, -0.15) is 0 Å². The number of carboxylic acid groups (broad SMARTS) is 1. The number of hydrogen-bond donors (Lipinski definition) is 1. The van der Waals surface area contributed by atoms with Crippen LogP contribution < -0.4 is 0 Å². The topological polar surface area (TPSA) is 57.6 Å². The molecule has 1 fully saturated rings. The van der Waals surface area contributed by atoms with Gasteiger partial charge in [0.1, 0.15) is 6.04 Å². The number of hydrogen-bond acceptors (Lipinski definition) is 2. The number of nitrogens with zero attached hydrogens (tertiary/aromatic N) is 1. The quantitative estimate of drug-likeness (QED) is 0.929. The predicted molar refractivity (Wildman–Crippen MR) is 77.2 cm³/mol. The molecule has 1 aromatic rings. The molecule has 20 heavy (non-hydrogen) atoms. The number of rotatable bonds is 4. The maximum Gasteiger partial charge on any atom is 0.326 e. The summed E-state index contributed by atoms with van der Waals surface area (Å²) in [6, 6.07) is 4.39. The zero-order valence-electron chi connectivity index (χ0n) is 11.1.